The Morgan fingerprint density at radius 1 is 1.10 bits per heavy atom. The molecule has 2 aliphatic rings. The van der Waals surface area contributed by atoms with Crippen molar-refractivity contribution in [1.82, 2.24) is 34.3 Å². The predicted octanol–water partition coefficient (Wildman–Crippen LogP) is 2.74. The number of halogens is 1. The molecule has 2 aromatic carbocycles. The summed E-state index contributed by atoms with van der Waals surface area (Å²) in [6.45, 7) is -0.262. The first kappa shape index (κ1) is 27.2. The first-order valence-corrected chi connectivity index (χ1v) is 15.0. The van der Waals surface area contributed by atoms with Gasteiger partial charge in [0.1, 0.15) is 36.8 Å². The highest BCUT2D eigenvalue weighted by atomic mass is 79.9. The summed E-state index contributed by atoms with van der Waals surface area (Å²) in [6, 6.07) is 12.5. The Morgan fingerprint density at radius 3 is 2.71 bits per heavy atom. The summed E-state index contributed by atoms with van der Waals surface area (Å²) in [6.07, 6.45) is 0.491. The van der Waals surface area contributed by atoms with Gasteiger partial charge < -0.3 is 25.4 Å². The van der Waals surface area contributed by atoms with E-state index < -0.39 is 30.5 Å². The highest BCUT2D eigenvalue weighted by molar-refractivity contribution is 9.10. The van der Waals surface area contributed by atoms with E-state index in [1.807, 2.05) is 16.7 Å². The zero-order valence-corrected chi connectivity index (χ0v) is 24.3. The summed E-state index contributed by atoms with van der Waals surface area (Å²) in [4.78, 5) is 24.9. The van der Waals surface area contributed by atoms with Crippen molar-refractivity contribution in [1.29, 1.82) is 0 Å². The number of rotatable bonds is 8. The van der Waals surface area contributed by atoms with E-state index in [9.17, 15) is 15.0 Å². The average Bonchev–Trinajstić information content (AvgIpc) is 3.55. The lowest BCUT2D eigenvalue weighted by molar-refractivity contribution is -0.146. The molecule has 1 aliphatic heterocycles. The van der Waals surface area contributed by atoms with Crippen LogP contribution < -0.4 is 5.73 Å². The van der Waals surface area contributed by atoms with Crippen LogP contribution in [0.4, 0.5) is 5.82 Å². The number of aromatic nitrogens is 7. The molecule has 4 atom stereocenters. The molecule has 7 rings (SSSR count). The molecule has 0 radical (unpaired) electrons. The number of fused-ring (bicyclic) bond motifs is 2. The van der Waals surface area contributed by atoms with E-state index >= 15 is 0 Å². The van der Waals surface area contributed by atoms with Gasteiger partial charge in [0.2, 0.25) is 4.73 Å². The molecule has 1 saturated heterocycles. The number of hydrogen-bond acceptors (Lipinski definition) is 12. The van der Waals surface area contributed by atoms with Crippen LogP contribution in [0.25, 0.3) is 27.6 Å². The number of thioether (sulfide) groups is 1. The second kappa shape index (κ2) is 10.9. The molecule has 0 spiro atoms. The molecular weight excluding hydrogens is 628 g/mol. The van der Waals surface area contributed by atoms with Crippen molar-refractivity contribution in [3.05, 3.63) is 59.3 Å². The van der Waals surface area contributed by atoms with Crippen molar-refractivity contribution >= 4 is 61.4 Å². The number of nitrogens with two attached hydrogens (primary N) is 1. The molecule has 3 aromatic heterocycles. The fourth-order valence-electron chi connectivity index (χ4n) is 5.29. The Bertz CT molecular complexity index is 1810. The number of carbonyl (C=O) groups excluding carboxylic acids is 1. The molecule has 15 heteroatoms. The molecular formula is C27H25BrN8O5S. The maximum Gasteiger partial charge on any atom is 0.316 e. The molecule has 4 heterocycles. The number of aliphatic hydroxyl groups excluding tert-OH is 2. The summed E-state index contributed by atoms with van der Waals surface area (Å²) < 4.78 is 15.1. The topological polar surface area (TPSA) is 176 Å². The van der Waals surface area contributed by atoms with Crippen molar-refractivity contribution in [3.8, 4) is 5.69 Å². The summed E-state index contributed by atoms with van der Waals surface area (Å²) >= 11 is 4.69. The van der Waals surface area contributed by atoms with Gasteiger partial charge in [0.15, 0.2) is 22.8 Å². The van der Waals surface area contributed by atoms with Crippen molar-refractivity contribution in [2.45, 2.75) is 48.5 Å². The maximum absolute atomic E-state index is 12.7. The van der Waals surface area contributed by atoms with Crippen LogP contribution in [-0.4, -0.2) is 81.1 Å². The van der Waals surface area contributed by atoms with Crippen molar-refractivity contribution in [3.63, 3.8) is 0 Å². The zero-order valence-electron chi connectivity index (χ0n) is 21.9. The summed E-state index contributed by atoms with van der Waals surface area (Å²) in [5, 5.41) is 32.5. The van der Waals surface area contributed by atoms with Crippen molar-refractivity contribution in [2.24, 2.45) is 0 Å². The quantitative estimate of drug-likeness (QED) is 0.165. The third kappa shape index (κ3) is 4.80. The molecule has 42 heavy (non-hydrogen) atoms. The molecule has 2 fully saturated rings. The molecule has 13 nitrogen and oxygen atoms in total. The number of nitrogen functional groups attached to an aromatic ring is 1. The van der Waals surface area contributed by atoms with Gasteiger partial charge in [0.25, 0.3) is 0 Å². The SMILES string of the molecule is Nc1ncnc2c1ncn2[C@@H]1O[C@H](COC(=O)CSc2nnc(Br)n2-c2ccc(C3CC3)c3ccccc23)C(O)C1O. The van der Waals surface area contributed by atoms with E-state index in [0.29, 0.717) is 27.0 Å². The van der Waals surface area contributed by atoms with Crippen LogP contribution in [0.3, 0.4) is 0 Å². The normalized spacial score (nSPS) is 22.3. The van der Waals surface area contributed by atoms with Crippen LogP contribution in [0.5, 0.6) is 0 Å². The Balaban J connectivity index is 1.02. The molecule has 1 aliphatic carbocycles. The fraction of sp³-hybridized carbons (Fsp3) is 0.333. The third-order valence-electron chi connectivity index (χ3n) is 7.51. The number of nitrogens with zero attached hydrogens (tertiary/aromatic N) is 7. The van der Waals surface area contributed by atoms with Gasteiger partial charge in [-0.2, -0.15) is 0 Å². The largest absolute Gasteiger partial charge is 0.462 e. The number of benzene rings is 2. The predicted molar refractivity (Wildman–Crippen MR) is 156 cm³/mol. The lowest BCUT2D eigenvalue weighted by atomic mass is 9.99. The van der Waals surface area contributed by atoms with Crippen molar-refractivity contribution in [2.75, 3.05) is 18.1 Å². The Labute approximate surface area is 251 Å². The average molecular weight is 654 g/mol. The molecule has 5 aromatic rings. The van der Waals surface area contributed by atoms with Gasteiger partial charge in [-0.3, -0.25) is 13.9 Å². The molecule has 0 amide bonds. The first-order chi connectivity index (χ1) is 20.4. The van der Waals surface area contributed by atoms with Gasteiger partial charge in [-0.05, 0) is 51.7 Å². The summed E-state index contributed by atoms with van der Waals surface area (Å²) in [7, 11) is 0. The number of anilines is 1. The Morgan fingerprint density at radius 2 is 1.90 bits per heavy atom. The lowest BCUT2D eigenvalue weighted by Crippen LogP contribution is -2.34. The van der Waals surface area contributed by atoms with Crippen LogP contribution in [-0.2, 0) is 14.3 Å². The molecule has 4 N–H and O–H groups in total. The van der Waals surface area contributed by atoms with Crippen LogP contribution in [0.2, 0.25) is 0 Å². The second-order valence-electron chi connectivity index (χ2n) is 10.2. The van der Waals surface area contributed by atoms with E-state index in [-0.39, 0.29) is 18.2 Å². The zero-order chi connectivity index (χ0) is 29.0. The third-order valence-corrected chi connectivity index (χ3v) is 8.93. The Kier molecular flexibility index (Phi) is 7.06. The number of esters is 1. The number of aliphatic hydroxyl groups is 2. The van der Waals surface area contributed by atoms with Gasteiger partial charge >= 0.3 is 5.97 Å². The van der Waals surface area contributed by atoms with Gasteiger partial charge in [-0.15, -0.1) is 10.2 Å². The van der Waals surface area contributed by atoms with Crippen LogP contribution >= 0.6 is 27.7 Å². The van der Waals surface area contributed by atoms with Crippen LogP contribution in [0.15, 0.2) is 58.9 Å². The second-order valence-corrected chi connectivity index (χ2v) is 11.8. The smallest absolute Gasteiger partial charge is 0.316 e. The minimum Gasteiger partial charge on any atom is -0.462 e. The highest BCUT2D eigenvalue weighted by Gasteiger charge is 2.45. The van der Waals surface area contributed by atoms with Gasteiger partial charge in [0, 0.05) is 5.39 Å². The first-order valence-electron chi connectivity index (χ1n) is 13.3. The minimum atomic E-state index is -1.31. The van der Waals surface area contributed by atoms with Crippen LogP contribution in [0.1, 0.15) is 30.6 Å². The summed E-state index contributed by atoms with van der Waals surface area (Å²) in [5.74, 6) is 0.186. The Hall–Kier alpha value is -3.63. The number of hydrogen-bond donors (Lipinski definition) is 3. The standard InChI is InChI=1S/C27H25BrN8O5S/c28-26-33-34-27(36(26)17-8-7-14(13-5-6-13)15-3-1-2-4-16(15)17)42-10-19(37)40-9-18-21(38)22(39)25(41-18)35-12-32-20-23(29)30-11-31-24(20)35/h1-4,7-8,11-13,18,21-22,25,38-39H,5-6,9-10H2,(H2,29,30,31)/t18-,21?,22?,25-/m1/s1. The minimum absolute atomic E-state index is 0.0552. The van der Waals surface area contributed by atoms with Gasteiger partial charge in [-0.25, -0.2) is 15.0 Å². The van der Waals surface area contributed by atoms with E-state index in [0.717, 1.165) is 11.1 Å². The van der Waals surface area contributed by atoms with E-state index in [1.54, 1.807) is 0 Å². The fourth-order valence-corrected chi connectivity index (χ4v) is 6.59. The van der Waals surface area contributed by atoms with Gasteiger partial charge in [0.05, 0.1) is 17.8 Å². The molecule has 1 saturated carbocycles. The van der Waals surface area contributed by atoms with E-state index in [4.69, 9.17) is 15.2 Å². The molecule has 216 valence electrons. The summed E-state index contributed by atoms with van der Waals surface area (Å²) in [5.41, 5.74) is 8.79. The number of carbonyl (C=O) groups is 1. The molecule has 0 bridgehead atoms. The monoisotopic (exact) mass is 652 g/mol. The van der Waals surface area contributed by atoms with Gasteiger partial charge in [-0.1, -0.05) is 42.1 Å². The number of imidazole rings is 1. The van der Waals surface area contributed by atoms with E-state index in [1.165, 1.54) is 52.8 Å². The van der Waals surface area contributed by atoms with E-state index in [2.05, 4.69) is 65.3 Å². The molecule has 2 unspecified atom stereocenters. The highest BCUT2D eigenvalue weighted by Crippen LogP contribution is 2.44. The van der Waals surface area contributed by atoms with Crippen molar-refractivity contribution < 1.29 is 24.5 Å². The number of ether oxygens (including phenoxy) is 2. The van der Waals surface area contributed by atoms with Crippen LogP contribution in [0, 0.1) is 0 Å². The maximum atomic E-state index is 12.7. The lowest BCUT2D eigenvalue weighted by Gasteiger charge is -2.16.